The van der Waals surface area contributed by atoms with Gasteiger partial charge < -0.3 is 4.90 Å². The van der Waals surface area contributed by atoms with Gasteiger partial charge in [0, 0.05) is 25.5 Å². The summed E-state index contributed by atoms with van der Waals surface area (Å²) in [6.07, 6.45) is 6.14. The van der Waals surface area contributed by atoms with Crippen LogP contribution >= 0.6 is 0 Å². The summed E-state index contributed by atoms with van der Waals surface area (Å²) in [6.45, 7) is 7.54. The second-order valence-electron chi connectivity index (χ2n) is 5.41. The molecule has 0 aliphatic carbocycles. The fourth-order valence-corrected chi connectivity index (χ4v) is 3.79. The molecule has 0 fully saturated rings. The molecular weight excluding hydrogens is 350 g/mol. The molecule has 26 heavy (non-hydrogen) atoms. The zero-order valence-electron chi connectivity index (χ0n) is 14.4. The third-order valence-corrected chi connectivity index (χ3v) is 5.40. The second-order valence-corrected chi connectivity index (χ2v) is 7.27. The van der Waals surface area contributed by atoms with E-state index in [4.69, 9.17) is 0 Å². The van der Waals surface area contributed by atoms with Crippen LogP contribution in [0.5, 0.6) is 0 Å². The fourth-order valence-electron chi connectivity index (χ4n) is 2.36. The van der Waals surface area contributed by atoms with E-state index in [1.54, 1.807) is 42.5 Å². The molecule has 0 atom stereocenters. The molecule has 0 bridgehead atoms. The van der Waals surface area contributed by atoms with Gasteiger partial charge in [-0.1, -0.05) is 30.4 Å². The van der Waals surface area contributed by atoms with Crippen LogP contribution in [0.3, 0.4) is 0 Å². The Morgan fingerprint density at radius 1 is 1.00 bits per heavy atom. The summed E-state index contributed by atoms with van der Waals surface area (Å²) < 4.78 is 27.3. The van der Waals surface area contributed by atoms with Crippen LogP contribution < -0.4 is 4.31 Å². The van der Waals surface area contributed by atoms with E-state index in [0.717, 1.165) is 4.31 Å². The van der Waals surface area contributed by atoms with Gasteiger partial charge in [-0.2, -0.15) is 0 Å². The second kappa shape index (κ2) is 8.96. The van der Waals surface area contributed by atoms with Crippen LogP contribution in [0.1, 0.15) is 0 Å². The van der Waals surface area contributed by atoms with E-state index in [1.807, 2.05) is 0 Å². The van der Waals surface area contributed by atoms with Gasteiger partial charge in [-0.25, -0.2) is 8.42 Å². The van der Waals surface area contributed by atoms with Crippen LogP contribution in [0.4, 0.5) is 5.69 Å². The van der Waals surface area contributed by atoms with Gasteiger partial charge in [0.2, 0.25) is 5.91 Å². The number of rotatable bonds is 9. The Morgan fingerprint density at radius 2 is 1.58 bits per heavy atom. The Hall–Kier alpha value is -2.93. The smallest absolute Gasteiger partial charge is 0.264 e. The molecule has 6 nitrogen and oxygen atoms in total. The lowest BCUT2D eigenvalue weighted by Crippen LogP contribution is -2.43. The van der Waals surface area contributed by atoms with Crippen LogP contribution in [-0.4, -0.2) is 43.8 Å². The number of anilines is 1. The van der Waals surface area contributed by atoms with Gasteiger partial charge >= 0.3 is 0 Å². The topological polar surface area (TPSA) is 70.6 Å². The summed E-state index contributed by atoms with van der Waals surface area (Å²) in [5.41, 5.74) is 0.370. The highest BCUT2D eigenvalue weighted by Crippen LogP contribution is 2.23. The summed E-state index contributed by atoms with van der Waals surface area (Å²) >= 11 is 0. The maximum absolute atomic E-state index is 13.1. The number of benzene rings is 1. The van der Waals surface area contributed by atoms with E-state index in [2.05, 4.69) is 18.1 Å². The number of carbonyl (C=O) groups is 1. The zero-order chi connectivity index (χ0) is 19.0. The SMILES string of the molecule is C=CCN(CC=C)C(=O)CN(c1ccncc1)S(=O)(=O)c1ccccc1. The highest BCUT2D eigenvalue weighted by atomic mass is 32.2. The van der Waals surface area contributed by atoms with Gasteiger partial charge in [-0.05, 0) is 24.3 Å². The average Bonchev–Trinajstić information content (AvgIpc) is 2.67. The van der Waals surface area contributed by atoms with Crippen molar-refractivity contribution in [3.05, 3.63) is 80.2 Å². The van der Waals surface area contributed by atoms with E-state index in [-0.39, 0.29) is 17.3 Å². The van der Waals surface area contributed by atoms with Crippen LogP contribution in [0.25, 0.3) is 0 Å². The molecule has 0 N–H and O–H groups in total. The van der Waals surface area contributed by atoms with Crippen molar-refractivity contribution in [1.29, 1.82) is 0 Å². The van der Waals surface area contributed by atoms with Gasteiger partial charge in [0.25, 0.3) is 10.0 Å². The van der Waals surface area contributed by atoms with Crippen molar-refractivity contribution in [3.8, 4) is 0 Å². The van der Waals surface area contributed by atoms with Gasteiger partial charge in [0.05, 0.1) is 10.6 Å². The molecule has 0 saturated carbocycles. The first-order valence-corrected chi connectivity index (χ1v) is 9.42. The van der Waals surface area contributed by atoms with Crippen molar-refractivity contribution in [1.82, 2.24) is 9.88 Å². The minimum Gasteiger partial charge on any atom is -0.334 e. The number of pyridine rings is 1. The molecule has 136 valence electrons. The molecule has 1 heterocycles. The van der Waals surface area contributed by atoms with Crippen LogP contribution in [-0.2, 0) is 14.8 Å². The van der Waals surface area contributed by atoms with E-state index in [0.29, 0.717) is 18.8 Å². The normalized spacial score (nSPS) is 10.8. The van der Waals surface area contributed by atoms with Crippen molar-refractivity contribution < 1.29 is 13.2 Å². The predicted octanol–water partition coefficient (Wildman–Crippen LogP) is 2.48. The largest absolute Gasteiger partial charge is 0.334 e. The van der Waals surface area contributed by atoms with Crippen molar-refractivity contribution in [2.24, 2.45) is 0 Å². The molecule has 1 aromatic heterocycles. The molecule has 0 radical (unpaired) electrons. The van der Waals surface area contributed by atoms with Gasteiger partial charge in [0.15, 0.2) is 0 Å². The predicted molar refractivity (Wildman–Crippen MR) is 102 cm³/mol. The summed E-state index contributed by atoms with van der Waals surface area (Å²) in [6, 6.07) is 11.1. The minimum atomic E-state index is -3.91. The Bertz CT molecular complexity index is 842. The van der Waals surface area contributed by atoms with E-state index >= 15 is 0 Å². The zero-order valence-corrected chi connectivity index (χ0v) is 15.2. The van der Waals surface area contributed by atoms with Gasteiger partial charge in [0.1, 0.15) is 6.54 Å². The van der Waals surface area contributed by atoms with E-state index < -0.39 is 10.0 Å². The maximum atomic E-state index is 13.1. The Balaban J connectivity index is 2.41. The number of sulfonamides is 1. The first-order chi connectivity index (χ1) is 12.5. The third kappa shape index (κ3) is 4.58. The maximum Gasteiger partial charge on any atom is 0.264 e. The molecule has 0 aliphatic rings. The lowest BCUT2D eigenvalue weighted by atomic mass is 10.3. The summed E-state index contributed by atoms with van der Waals surface area (Å²) in [4.78, 5) is 18.2. The summed E-state index contributed by atoms with van der Waals surface area (Å²) in [5.74, 6) is -0.346. The molecule has 1 aromatic carbocycles. The molecule has 2 aromatic rings. The van der Waals surface area contributed by atoms with E-state index in [1.165, 1.54) is 29.4 Å². The van der Waals surface area contributed by atoms with Crippen molar-refractivity contribution in [3.63, 3.8) is 0 Å². The quantitative estimate of drug-likeness (QED) is 0.635. The highest BCUT2D eigenvalue weighted by molar-refractivity contribution is 7.92. The average molecular weight is 371 g/mol. The first kappa shape index (κ1) is 19.4. The Labute approximate surface area is 154 Å². The number of carbonyl (C=O) groups excluding carboxylic acids is 1. The molecule has 0 unspecified atom stereocenters. The summed E-state index contributed by atoms with van der Waals surface area (Å²) in [5, 5.41) is 0. The van der Waals surface area contributed by atoms with Crippen molar-refractivity contribution in [2.45, 2.75) is 4.90 Å². The standard InChI is InChI=1S/C19H21N3O3S/c1-3-14-21(15-4-2)19(23)16-22(17-10-12-20-13-11-17)26(24,25)18-8-6-5-7-9-18/h3-13H,1-2,14-16H2. The number of hydrogen-bond acceptors (Lipinski definition) is 4. The highest BCUT2D eigenvalue weighted by Gasteiger charge is 2.28. The number of nitrogens with zero attached hydrogens (tertiary/aromatic N) is 3. The molecule has 0 aliphatic heterocycles. The Kier molecular flexibility index (Phi) is 6.68. The summed E-state index contributed by atoms with van der Waals surface area (Å²) in [7, 11) is -3.91. The lowest BCUT2D eigenvalue weighted by molar-refractivity contribution is -0.128. The minimum absolute atomic E-state index is 0.114. The van der Waals surface area contributed by atoms with Crippen LogP contribution in [0, 0.1) is 0 Å². The lowest BCUT2D eigenvalue weighted by Gasteiger charge is -2.27. The molecule has 0 saturated heterocycles. The van der Waals surface area contributed by atoms with Crippen molar-refractivity contribution >= 4 is 21.6 Å². The molecule has 0 spiro atoms. The van der Waals surface area contributed by atoms with Crippen LogP contribution in [0.2, 0.25) is 0 Å². The number of amides is 1. The van der Waals surface area contributed by atoms with E-state index in [9.17, 15) is 13.2 Å². The van der Waals surface area contributed by atoms with Gasteiger partial charge in [-0.3, -0.25) is 14.1 Å². The molecule has 7 heteroatoms. The third-order valence-electron chi connectivity index (χ3n) is 3.61. The molecule has 1 amide bonds. The van der Waals surface area contributed by atoms with Crippen LogP contribution in [0.15, 0.2) is 85.1 Å². The Morgan fingerprint density at radius 3 is 2.12 bits per heavy atom. The monoisotopic (exact) mass is 371 g/mol. The molecule has 2 rings (SSSR count). The molecular formula is C19H21N3O3S. The number of hydrogen-bond donors (Lipinski definition) is 0. The van der Waals surface area contributed by atoms with Crippen molar-refractivity contribution in [2.75, 3.05) is 23.9 Å². The fraction of sp³-hybridized carbons (Fsp3) is 0.158. The number of aromatic nitrogens is 1. The van der Waals surface area contributed by atoms with Gasteiger partial charge in [-0.15, -0.1) is 13.2 Å². The first-order valence-electron chi connectivity index (χ1n) is 7.98.